The van der Waals surface area contributed by atoms with Crippen LogP contribution in [-0.4, -0.2) is 54.1 Å². The zero-order valence-corrected chi connectivity index (χ0v) is 14.5. The van der Waals surface area contributed by atoms with Crippen molar-refractivity contribution in [2.24, 2.45) is 5.92 Å². The second kappa shape index (κ2) is 6.81. The molecule has 130 valence electrons. The molecule has 2 atom stereocenters. The first-order valence-corrected chi connectivity index (χ1v) is 8.52. The Morgan fingerprint density at radius 2 is 2.08 bits per heavy atom. The molecule has 3 rings (SSSR count). The molecule has 0 aliphatic carbocycles. The van der Waals surface area contributed by atoms with E-state index in [0.29, 0.717) is 19.6 Å². The highest BCUT2D eigenvalue weighted by atomic mass is 16.5. The van der Waals surface area contributed by atoms with Crippen LogP contribution in [0, 0.1) is 5.92 Å². The number of carbonyl (C=O) groups is 2. The second-order valence-corrected chi connectivity index (χ2v) is 6.65. The van der Waals surface area contributed by atoms with Gasteiger partial charge in [-0.3, -0.25) is 4.79 Å². The molecule has 1 aromatic rings. The van der Waals surface area contributed by atoms with Crippen molar-refractivity contribution >= 4 is 17.6 Å². The predicted octanol–water partition coefficient (Wildman–Crippen LogP) is 2.31. The maximum atomic E-state index is 13.0. The van der Waals surface area contributed by atoms with Gasteiger partial charge < -0.3 is 19.9 Å². The summed E-state index contributed by atoms with van der Waals surface area (Å²) in [5.41, 5.74) is 1.76. The van der Waals surface area contributed by atoms with Gasteiger partial charge in [0.2, 0.25) is 5.91 Å². The number of methoxy groups -OCH3 is 1. The van der Waals surface area contributed by atoms with Crippen LogP contribution in [0.4, 0.5) is 10.5 Å². The van der Waals surface area contributed by atoms with Gasteiger partial charge in [-0.05, 0) is 17.5 Å². The summed E-state index contributed by atoms with van der Waals surface area (Å²) in [4.78, 5) is 29.3. The molecule has 0 radical (unpaired) electrons. The number of hydrogen-bond acceptors (Lipinski definition) is 3. The summed E-state index contributed by atoms with van der Waals surface area (Å²) in [6.45, 7) is 5.68. The van der Waals surface area contributed by atoms with E-state index in [1.807, 2.05) is 38.1 Å². The van der Waals surface area contributed by atoms with Crippen molar-refractivity contribution in [1.29, 1.82) is 0 Å². The first kappa shape index (κ1) is 16.8. The fraction of sp³-hybridized carbons (Fsp3) is 0.556. The summed E-state index contributed by atoms with van der Waals surface area (Å²) >= 11 is 0. The van der Waals surface area contributed by atoms with Gasteiger partial charge in [0.1, 0.15) is 6.04 Å². The van der Waals surface area contributed by atoms with E-state index >= 15 is 0 Å². The van der Waals surface area contributed by atoms with Crippen LogP contribution in [0.15, 0.2) is 24.3 Å². The molecule has 2 aliphatic heterocycles. The highest BCUT2D eigenvalue weighted by Gasteiger charge is 2.41. The molecule has 2 aliphatic rings. The normalized spacial score (nSPS) is 22.3. The lowest BCUT2D eigenvalue weighted by Gasteiger charge is -2.43. The van der Waals surface area contributed by atoms with E-state index < -0.39 is 6.04 Å². The van der Waals surface area contributed by atoms with Crippen molar-refractivity contribution in [1.82, 2.24) is 9.80 Å². The maximum absolute atomic E-state index is 13.0. The first-order valence-electron chi connectivity index (χ1n) is 8.52. The van der Waals surface area contributed by atoms with Gasteiger partial charge in [0, 0.05) is 12.8 Å². The van der Waals surface area contributed by atoms with E-state index in [9.17, 15) is 9.59 Å². The minimum Gasteiger partial charge on any atom is -0.378 e. The Kier molecular flexibility index (Phi) is 4.76. The van der Waals surface area contributed by atoms with Crippen molar-refractivity contribution < 1.29 is 14.3 Å². The van der Waals surface area contributed by atoms with Crippen molar-refractivity contribution in [3.8, 4) is 0 Å². The van der Waals surface area contributed by atoms with E-state index in [1.54, 1.807) is 16.9 Å². The molecule has 1 N–H and O–H groups in total. The zero-order valence-electron chi connectivity index (χ0n) is 14.5. The average molecular weight is 331 g/mol. The second-order valence-electron chi connectivity index (χ2n) is 6.65. The summed E-state index contributed by atoms with van der Waals surface area (Å²) in [5, 5.41) is 2.99. The third-order valence-corrected chi connectivity index (χ3v) is 5.10. The minimum atomic E-state index is -0.462. The molecule has 24 heavy (non-hydrogen) atoms. The van der Waals surface area contributed by atoms with E-state index in [0.717, 1.165) is 17.7 Å². The van der Waals surface area contributed by atoms with Crippen LogP contribution in [0.3, 0.4) is 0 Å². The molecule has 0 aromatic heterocycles. The van der Waals surface area contributed by atoms with Crippen LogP contribution in [-0.2, 0) is 16.1 Å². The lowest BCUT2D eigenvalue weighted by Crippen LogP contribution is -2.61. The van der Waals surface area contributed by atoms with E-state index in [-0.39, 0.29) is 24.0 Å². The monoisotopic (exact) mass is 331 g/mol. The molecule has 6 nitrogen and oxygen atoms in total. The van der Waals surface area contributed by atoms with E-state index in [1.165, 1.54) is 0 Å². The number of anilines is 1. The summed E-state index contributed by atoms with van der Waals surface area (Å²) in [7, 11) is 1.66. The predicted molar refractivity (Wildman–Crippen MR) is 91.6 cm³/mol. The number of nitrogens with zero attached hydrogens (tertiary/aromatic N) is 2. The molecular formula is C18H25N3O3. The molecule has 1 saturated heterocycles. The summed E-state index contributed by atoms with van der Waals surface area (Å²) in [6, 6.07) is 7.13. The molecule has 0 spiro atoms. The Labute approximate surface area is 142 Å². The zero-order chi connectivity index (χ0) is 17.3. The number of para-hydroxylation sites is 1. The third-order valence-electron chi connectivity index (χ3n) is 5.10. The number of fused-ring (bicyclic) bond motifs is 1. The number of rotatable bonds is 3. The number of nitrogens with one attached hydrogen (secondary N) is 1. The summed E-state index contributed by atoms with van der Waals surface area (Å²) in [6.07, 6.45) is 0.933. The lowest BCUT2D eigenvalue weighted by molar-refractivity contribution is -0.122. The van der Waals surface area contributed by atoms with Gasteiger partial charge in [0.05, 0.1) is 25.7 Å². The molecule has 0 unspecified atom stereocenters. The fourth-order valence-electron chi connectivity index (χ4n) is 3.31. The van der Waals surface area contributed by atoms with Crippen LogP contribution in [0.1, 0.15) is 25.8 Å². The van der Waals surface area contributed by atoms with Crippen molar-refractivity contribution in [2.45, 2.75) is 39.0 Å². The van der Waals surface area contributed by atoms with Crippen molar-refractivity contribution in [3.05, 3.63) is 29.8 Å². The van der Waals surface area contributed by atoms with Crippen molar-refractivity contribution in [3.63, 3.8) is 0 Å². The number of likely N-dealkylation sites (tertiary alicyclic amines) is 1. The van der Waals surface area contributed by atoms with Gasteiger partial charge >= 0.3 is 6.03 Å². The van der Waals surface area contributed by atoms with Crippen LogP contribution in [0.2, 0.25) is 0 Å². The van der Waals surface area contributed by atoms with Crippen LogP contribution in [0.25, 0.3) is 0 Å². The van der Waals surface area contributed by atoms with Crippen LogP contribution in [0.5, 0.6) is 0 Å². The van der Waals surface area contributed by atoms with Gasteiger partial charge in [-0.2, -0.15) is 0 Å². The highest BCUT2D eigenvalue weighted by molar-refractivity contribution is 5.98. The van der Waals surface area contributed by atoms with Gasteiger partial charge in [-0.25, -0.2) is 4.79 Å². The standard InChI is InChI=1S/C18H25N3O3/c1-4-12(2)16-17(22)19-15-8-6-5-7-13(15)9-21(16)18(23)20-10-14(11-20)24-3/h5-8,12,14,16H,4,9-11H2,1-3H3,(H,19,22)/t12-,16-/m0/s1. The number of benzene rings is 1. The molecular weight excluding hydrogens is 306 g/mol. The third kappa shape index (κ3) is 2.98. The van der Waals surface area contributed by atoms with Crippen molar-refractivity contribution in [2.75, 3.05) is 25.5 Å². The highest BCUT2D eigenvalue weighted by Crippen LogP contribution is 2.29. The number of urea groups is 1. The Hall–Kier alpha value is -2.08. The first-order chi connectivity index (χ1) is 11.5. The smallest absolute Gasteiger partial charge is 0.321 e. The van der Waals surface area contributed by atoms with Gasteiger partial charge in [0.15, 0.2) is 0 Å². The minimum absolute atomic E-state index is 0.0829. The number of hydrogen-bond donors (Lipinski definition) is 1. The van der Waals surface area contributed by atoms with E-state index in [4.69, 9.17) is 4.74 Å². The average Bonchev–Trinajstić information content (AvgIpc) is 2.68. The van der Waals surface area contributed by atoms with Gasteiger partial charge in [-0.1, -0.05) is 38.5 Å². The fourth-order valence-corrected chi connectivity index (χ4v) is 3.31. The Bertz CT molecular complexity index is 628. The molecule has 0 bridgehead atoms. The number of amides is 3. The van der Waals surface area contributed by atoms with Crippen LogP contribution < -0.4 is 5.32 Å². The number of ether oxygens (including phenoxy) is 1. The molecule has 2 heterocycles. The lowest BCUT2D eigenvalue weighted by atomic mass is 9.96. The summed E-state index contributed by atoms with van der Waals surface area (Å²) < 4.78 is 5.26. The number of carbonyl (C=O) groups excluding carboxylic acids is 2. The Balaban J connectivity index is 1.89. The summed E-state index contributed by atoms with van der Waals surface area (Å²) in [5.74, 6) is -0.0192. The Morgan fingerprint density at radius 1 is 1.38 bits per heavy atom. The maximum Gasteiger partial charge on any atom is 0.321 e. The molecule has 1 aromatic carbocycles. The van der Waals surface area contributed by atoms with E-state index in [2.05, 4.69) is 5.32 Å². The van der Waals surface area contributed by atoms with Crippen LogP contribution >= 0.6 is 0 Å². The molecule has 3 amide bonds. The molecule has 6 heteroatoms. The SMILES string of the molecule is CC[C@H](C)[C@H]1C(=O)Nc2ccccc2CN1C(=O)N1CC(OC)C1. The largest absolute Gasteiger partial charge is 0.378 e. The van der Waals surface area contributed by atoms with Gasteiger partial charge in [-0.15, -0.1) is 0 Å². The topological polar surface area (TPSA) is 61.9 Å². The van der Waals surface area contributed by atoms with Gasteiger partial charge in [0.25, 0.3) is 0 Å². The Morgan fingerprint density at radius 3 is 2.75 bits per heavy atom. The molecule has 1 fully saturated rings. The quantitative estimate of drug-likeness (QED) is 0.924. The molecule has 0 saturated carbocycles.